The summed E-state index contributed by atoms with van der Waals surface area (Å²) >= 11 is 13.0. The van der Waals surface area contributed by atoms with E-state index in [0.29, 0.717) is 28.3 Å². The summed E-state index contributed by atoms with van der Waals surface area (Å²) in [7, 11) is 0. The lowest BCUT2D eigenvalue weighted by Gasteiger charge is -2.33. The van der Waals surface area contributed by atoms with Gasteiger partial charge in [-0.3, -0.25) is 14.5 Å². The first-order valence-corrected chi connectivity index (χ1v) is 18.9. The first kappa shape index (κ1) is 37.6. The van der Waals surface area contributed by atoms with E-state index in [1.165, 1.54) is 65.6 Å². The second-order valence-corrected chi connectivity index (χ2v) is 15.1. The molecule has 0 saturated carbocycles. The number of hydrogen-bond donors (Lipinski definition) is 5. The van der Waals surface area contributed by atoms with Crippen LogP contribution in [0.2, 0.25) is 10.0 Å². The Bertz CT molecular complexity index is 2560. The predicted molar refractivity (Wildman–Crippen MR) is 217 cm³/mol. The van der Waals surface area contributed by atoms with Gasteiger partial charge in [0.15, 0.2) is 6.23 Å². The minimum atomic E-state index is -1.84. The largest absolute Gasteiger partial charge is 0.508 e. The van der Waals surface area contributed by atoms with Crippen LogP contribution in [0.4, 0.5) is 11.4 Å². The number of rotatable bonds is 9. The van der Waals surface area contributed by atoms with Gasteiger partial charge in [0.2, 0.25) is 11.8 Å². The number of carbonyl (C=O) groups is 2. The lowest BCUT2D eigenvalue weighted by Crippen LogP contribution is -2.47. The van der Waals surface area contributed by atoms with Crippen LogP contribution < -0.4 is 19.7 Å². The number of phenolic OH excluding ortho intramolecular Hbond substituents is 4. The number of amides is 2. The number of nitrogens with zero attached hydrogens (tertiary/aromatic N) is 1. The van der Waals surface area contributed by atoms with Crippen LogP contribution in [0.15, 0.2) is 121 Å². The fourth-order valence-corrected chi connectivity index (χ4v) is 8.63. The summed E-state index contributed by atoms with van der Waals surface area (Å²) in [5.41, 5.74) is -1.32. The van der Waals surface area contributed by atoms with Gasteiger partial charge in [0.25, 0.3) is 0 Å². The molecule has 10 nitrogen and oxygen atoms in total. The standard InChI is InChI=1S/C45H36Cl2N2O8/c1-24(2)56-28-14-18-40(52)34(22-28)44(30-8-4-6-10-36(30)48-42(44)54)35-23-29(15-19-41(35)53)57-25(3)49-37-11-7-5-9-31(37)45(43(49)55,32-20-26(46)12-16-38(32)50)33-21-27(47)13-17-39(33)51/h4-25,50-53H,1-3H3,(H,48,54). The van der Waals surface area contributed by atoms with Crippen molar-refractivity contribution in [3.05, 3.63) is 165 Å². The van der Waals surface area contributed by atoms with Crippen molar-refractivity contribution >= 4 is 46.4 Å². The fraction of sp³-hybridized carbons (Fsp3) is 0.156. The Morgan fingerprint density at radius 1 is 0.561 bits per heavy atom. The van der Waals surface area contributed by atoms with E-state index in [1.807, 2.05) is 13.8 Å². The molecule has 57 heavy (non-hydrogen) atoms. The predicted octanol–water partition coefficient (Wildman–Crippen LogP) is 9.00. The third-order valence-corrected chi connectivity index (χ3v) is 11.0. The molecule has 2 aliphatic rings. The highest BCUT2D eigenvalue weighted by Gasteiger charge is 2.58. The maximum atomic E-state index is 15.3. The number of ether oxygens (including phenoxy) is 2. The molecule has 8 rings (SSSR count). The molecule has 12 heteroatoms. The lowest BCUT2D eigenvalue weighted by atomic mass is 9.69. The molecule has 2 atom stereocenters. The van der Waals surface area contributed by atoms with Gasteiger partial charge >= 0.3 is 0 Å². The summed E-state index contributed by atoms with van der Waals surface area (Å²) in [6.45, 7) is 5.37. The van der Waals surface area contributed by atoms with Gasteiger partial charge in [-0.15, -0.1) is 0 Å². The highest BCUT2D eigenvalue weighted by Crippen LogP contribution is 2.57. The number of halogens is 2. The Morgan fingerprint density at radius 2 is 1.04 bits per heavy atom. The Balaban J connectivity index is 1.28. The molecule has 6 aromatic rings. The van der Waals surface area contributed by atoms with E-state index in [0.717, 1.165) is 0 Å². The van der Waals surface area contributed by atoms with Crippen molar-refractivity contribution in [3.8, 4) is 34.5 Å². The third-order valence-electron chi connectivity index (χ3n) is 10.5. The molecule has 0 spiro atoms. The molecule has 2 amide bonds. The number of benzene rings is 6. The van der Waals surface area contributed by atoms with Crippen LogP contribution in [-0.4, -0.2) is 44.6 Å². The molecule has 2 unspecified atom stereocenters. The maximum absolute atomic E-state index is 15.3. The van der Waals surface area contributed by atoms with Crippen LogP contribution in [0.1, 0.15) is 54.2 Å². The topological polar surface area (TPSA) is 149 Å². The average Bonchev–Trinajstić information content (AvgIpc) is 3.62. The summed E-state index contributed by atoms with van der Waals surface area (Å²) in [5.74, 6) is -1.50. The molecule has 2 heterocycles. The van der Waals surface area contributed by atoms with Gasteiger partial charge in [-0.2, -0.15) is 0 Å². The van der Waals surface area contributed by atoms with Gasteiger partial charge in [-0.25, -0.2) is 0 Å². The number of para-hydroxylation sites is 2. The summed E-state index contributed by atoms with van der Waals surface area (Å²) in [6, 6.07) is 31.7. The molecule has 0 fully saturated rings. The smallest absolute Gasteiger partial charge is 0.249 e. The van der Waals surface area contributed by atoms with Crippen LogP contribution in [0, 0.1) is 0 Å². The van der Waals surface area contributed by atoms with Crippen LogP contribution in [0.25, 0.3) is 0 Å². The third kappa shape index (κ3) is 5.78. The summed E-state index contributed by atoms with van der Waals surface area (Å²) in [4.78, 5) is 31.2. The first-order valence-electron chi connectivity index (χ1n) is 18.1. The fourth-order valence-electron chi connectivity index (χ4n) is 8.29. The molecule has 0 aromatic heterocycles. The number of aromatic hydroxyl groups is 4. The highest BCUT2D eigenvalue weighted by atomic mass is 35.5. The number of hydrogen-bond acceptors (Lipinski definition) is 8. The molecule has 0 bridgehead atoms. The van der Waals surface area contributed by atoms with Gasteiger partial charge in [0.05, 0.1) is 11.8 Å². The lowest BCUT2D eigenvalue weighted by molar-refractivity contribution is -0.122. The van der Waals surface area contributed by atoms with E-state index >= 15 is 4.79 Å². The molecular weight excluding hydrogens is 767 g/mol. The zero-order valence-electron chi connectivity index (χ0n) is 30.8. The Kier molecular flexibility index (Phi) is 9.21. The van der Waals surface area contributed by atoms with Crippen molar-refractivity contribution in [1.82, 2.24) is 0 Å². The number of fused-ring (bicyclic) bond motifs is 2. The Labute approximate surface area is 338 Å². The highest BCUT2D eigenvalue weighted by molar-refractivity contribution is 6.31. The Hall–Kier alpha value is -6.36. The maximum Gasteiger partial charge on any atom is 0.249 e. The molecule has 0 saturated heterocycles. The van der Waals surface area contributed by atoms with Crippen molar-refractivity contribution in [3.63, 3.8) is 0 Å². The van der Waals surface area contributed by atoms with E-state index in [2.05, 4.69) is 5.32 Å². The van der Waals surface area contributed by atoms with Crippen LogP contribution in [-0.2, 0) is 20.4 Å². The average molecular weight is 804 g/mol. The van der Waals surface area contributed by atoms with E-state index in [9.17, 15) is 25.2 Å². The molecule has 2 aliphatic heterocycles. The molecule has 288 valence electrons. The number of carbonyl (C=O) groups excluding carboxylic acids is 2. The minimum absolute atomic E-state index is 0.0989. The van der Waals surface area contributed by atoms with E-state index in [1.54, 1.807) is 67.6 Å². The van der Waals surface area contributed by atoms with E-state index < -0.39 is 28.9 Å². The molecule has 5 N–H and O–H groups in total. The summed E-state index contributed by atoms with van der Waals surface area (Å²) < 4.78 is 12.5. The molecule has 6 aromatic carbocycles. The van der Waals surface area contributed by atoms with Gasteiger partial charge in [-0.1, -0.05) is 59.6 Å². The number of phenols is 4. The van der Waals surface area contributed by atoms with Crippen molar-refractivity contribution < 1.29 is 39.5 Å². The SMILES string of the molecule is CC(C)Oc1ccc(O)c(C2(c3cc(OC(C)N4C(=O)C(c5cc(Cl)ccc5O)(c5cc(Cl)ccc5O)c5ccccc54)ccc3O)C(=O)Nc3ccccc32)c1. The zero-order valence-corrected chi connectivity index (χ0v) is 32.3. The van der Waals surface area contributed by atoms with Crippen molar-refractivity contribution in [2.75, 3.05) is 10.2 Å². The second kappa shape index (κ2) is 14.0. The summed E-state index contributed by atoms with van der Waals surface area (Å²) in [6.07, 6.45) is -1.28. The molecular formula is C45H36Cl2N2O8. The van der Waals surface area contributed by atoms with E-state index in [-0.39, 0.29) is 67.2 Å². The van der Waals surface area contributed by atoms with Gasteiger partial charge in [-0.05, 0) is 106 Å². The van der Waals surface area contributed by atoms with Gasteiger partial charge in [0.1, 0.15) is 45.3 Å². The first-order chi connectivity index (χ1) is 27.3. The minimum Gasteiger partial charge on any atom is -0.508 e. The van der Waals surface area contributed by atoms with Crippen molar-refractivity contribution in [2.24, 2.45) is 0 Å². The molecule has 0 radical (unpaired) electrons. The van der Waals surface area contributed by atoms with Crippen LogP contribution >= 0.6 is 23.2 Å². The normalized spacial score (nSPS) is 17.3. The van der Waals surface area contributed by atoms with Gasteiger partial charge < -0.3 is 35.2 Å². The molecule has 0 aliphatic carbocycles. The Morgan fingerprint density at radius 3 is 1.60 bits per heavy atom. The van der Waals surface area contributed by atoms with Crippen molar-refractivity contribution in [2.45, 2.75) is 43.9 Å². The summed E-state index contributed by atoms with van der Waals surface area (Å²) in [5, 5.41) is 49.2. The van der Waals surface area contributed by atoms with Crippen LogP contribution in [0.3, 0.4) is 0 Å². The number of anilines is 2. The van der Waals surface area contributed by atoms with E-state index in [4.69, 9.17) is 32.7 Å². The number of nitrogens with one attached hydrogen (secondary N) is 1. The van der Waals surface area contributed by atoms with Gasteiger partial charge in [0, 0.05) is 49.1 Å². The monoisotopic (exact) mass is 802 g/mol. The van der Waals surface area contributed by atoms with Crippen LogP contribution in [0.5, 0.6) is 34.5 Å². The quantitative estimate of drug-likeness (QED) is 0.0973. The zero-order chi connectivity index (χ0) is 40.4. The second-order valence-electron chi connectivity index (χ2n) is 14.3. The van der Waals surface area contributed by atoms with Crippen molar-refractivity contribution in [1.29, 1.82) is 0 Å².